The predicted molar refractivity (Wildman–Crippen MR) is 68.9 cm³/mol. The van der Waals surface area contributed by atoms with Gasteiger partial charge in [-0.3, -0.25) is 9.59 Å². The van der Waals surface area contributed by atoms with E-state index in [1.165, 1.54) is 6.07 Å². The summed E-state index contributed by atoms with van der Waals surface area (Å²) in [4.78, 5) is 22.6. The molecule has 0 fully saturated rings. The monoisotopic (exact) mass is 285 g/mol. The second kappa shape index (κ2) is 8.24. The van der Waals surface area contributed by atoms with Crippen LogP contribution < -0.4 is 5.32 Å². The quantitative estimate of drug-likeness (QED) is 0.615. The Morgan fingerprint density at radius 1 is 1.30 bits per heavy atom. The zero-order valence-electron chi connectivity index (χ0n) is 11.2. The van der Waals surface area contributed by atoms with Gasteiger partial charge < -0.3 is 10.1 Å². The Hall–Kier alpha value is -1.98. The van der Waals surface area contributed by atoms with Crippen molar-refractivity contribution in [3.8, 4) is 0 Å². The smallest absolute Gasteiger partial charge is 0.305 e. The Bertz CT molecular complexity index is 477. The average Bonchev–Trinajstić information content (AvgIpc) is 2.38. The number of hydrogen-bond donors (Lipinski definition) is 1. The molecule has 0 aliphatic heterocycles. The van der Waals surface area contributed by atoms with Crippen molar-refractivity contribution < 1.29 is 23.1 Å². The van der Waals surface area contributed by atoms with E-state index in [9.17, 15) is 18.4 Å². The van der Waals surface area contributed by atoms with E-state index >= 15 is 0 Å². The van der Waals surface area contributed by atoms with Crippen molar-refractivity contribution >= 4 is 11.9 Å². The molecule has 1 aromatic carbocycles. The lowest BCUT2D eigenvalue weighted by Gasteiger charge is -2.06. The number of rotatable bonds is 7. The summed E-state index contributed by atoms with van der Waals surface area (Å²) in [6.07, 6.45) is 0.515. The van der Waals surface area contributed by atoms with Gasteiger partial charge in [-0.1, -0.05) is 6.07 Å². The molecule has 6 heteroatoms. The Morgan fingerprint density at radius 2 is 2.05 bits per heavy atom. The van der Waals surface area contributed by atoms with Crippen molar-refractivity contribution in [2.45, 2.75) is 26.2 Å². The summed E-state index contributed by atoms with van der Waals surface area (Å²) in [5.74, 6) is -2.11. The molecule has 0 bridgehead atoms. The summed E-state index contributed by atoms with van der Waals surface area (Å²) in [7, 11) is 0. The van der Waals surface area contributed by atoms with Crippen molar-refractivity contribution in [2.75, 3.05) is 13.2 Å². The molecule has 0 aliphatic carbocycles. The molecule has 0 aromatic heterocycles. The molecule has 0 aliphatic rings. The van der Waals surface area contributed by atoms with Crippen molar-refractivity contribution in [1.82, 2.24) is 5.32 Å². The Balaban J connectivity index is 2.28. The number of benzene rings is 1. The lowest BCUT2D eigenvalue weighted by Crippen LogP contribution is -2.27. The summed E-state index contributed by atoms with van der Waals surface area (Å²) in [5.41, 5.74) is 0.134. The summed E-state index contributed by atoms with van der Waals surface area (Å²) in [5, 5.41) is 2.56. The van der Waals surface area contributed by atoms with E-state index in [0.717, 1.165) is 12.1 Å². The molecule has 0 unspecified atom stereocenters. The molecule has 0 saturated heterocycles. The van der Waals surface area contributed by atoms with Gasteiger partial charge in [0.15, 0.2) is 0 Å². The van der Waals surface area contributed by atoms with Gasteiger partial charge >= 0.3 is 5.97 Å². The van der Waals surface area contributed by atoms with Gasteiger partial charge in [-0.05, 0) is 25.0 Å². The van der Waals surface area contributed by atoms with E-state index in [4.69, 9.17) is 4.74 Å². The van der Waals surface area contributed by atoms with Gasteiger partial charge in [-0.2, -0.15) is 0 Å². The first-order valence-corrected chi connectivity index (χ1v) is 6.39. The largest absolute Gasteiger partial charge is 0.466 e. The standard InChI is InChI=1S/C14H17F2NO3/c1-2-20-14(19)4-3-7-17-13(18)8-10-5-6-11(15)9-12(10)16/h5-6,9H,2-4,7-8H2,1H3,(H,17,18). The van der Waals surface area contributed by atoms with Gasteiger partial charge in [0.2, 0.25) is 5.91 Å². The summed E-state index contributed by atoms with van der Waals surface area (Å²) in [6.45, 7) is 2.35. The highest BCUT2D eigenvalue weighted by atomic mass is 19.1. The van der Waals surface area contributed by atoms with E-state index in [1.807, 2.05) is 0 Å². The number of hydrogen-bond acceptors (Lipinski definition) is 3. The van der Waals surface area contributed by atoms with Crippen LogP contribution in [0.1, 0.15) is 25.3 Å². The van der Waals surface area contributed by atoms with Crippen LogP contribution in [0.3, 0.4) is 0 Å². The Kier molecular flexibility index (Phi) is 6.63. The van der Waals surface area contributed by atoms with E-state index < -0.39 is 11.6 Å². The Labute approximate surface area is 116 Å². The molecule has 0 saturated carbocycles. The number of carbonyl (C=O) groups is 2. The second-order valence-electron chi connectivity index (χ2n) is 4.17. The minimum Gasteiger partial charge on any atom is -0.466 e. The van der Waals surface area contributed by atoms with E-state index in [1.54, 1.807) is 6.92 Å². The van der Waals surface area contributed by atoms with Crippen LogP contribution in [0.4, 0.5) is 8.78 Å². The molecule has 110 valence electrons. The summed E-state index contributed by atoms with van der Waals surface area (Å²) in [6, 6.07) is 3.08. The van der Waals surface area contributed by atoms with Crippen LogP contribution in [-0.2, 0) is 20.7 Å². The molecule has 1 aromatic rings. The van der Waals surface area contributed by atoms with Gasteiger partial charge in [-0.15, -0.1) is 0 Å². The highest BCUT2D eigenvalue weighted by molar-refractivity contribution is 5.78. The van der Waals surface area contributed by atoms with Gasteiger partial charge in [0.05, 0.1) is 13.0 Å². The second-order valence-corrected chi connectivity index (χ2v) is 4.17. The molecule has 1 amide bonds. The maximum Gasteiger partial charge on any atom is 0.305 e. The van der Waals surface area contributed by atoms with Crippen molar-refractivity contribution in [3.63, 3.8) is 0 Å². The molecule has 20 heavy (non-hydrogen) atoms. The molecule has 0 heterocycles. The molecule has 1 N–H and O–H groups in total. The minimum atomic E-state index is -0.744. The fraction of sp³-hybridized carbons (Fsp3) is 0.429. The van der Waals surface area contributed by atoms with Gasteiger partial charge in [0, 0.05) is 19.0 Å². The number of halogens is 2. The lowest BCUT2D eigenvalue weighted by molar-refractivity contribution is -0.143. The average molecular weight is 285 g/mol. The Morgan fingerprint density at radius 3 is 2.70 bits per heavy atom. The maximum atomic E-state index is 13.3. The van der Waals surface area contributed by atoms with Crippen LogP contribution in [0.5, 0.6) is 0 Å². The summed E-state index contributed by atoms with van der Waals surface area (Å²) >= 11 is 0. The third-order valence-electron chi connectivity index (χ3n) is 2.55. The summed E-state index contributed by atoms with van der Waals surface area (Å²) < 4.78 is 30.7. The van der Waals surface area contributed by atoms with Crippen LogP contribution in [0.25, 0.3) is 0 Å². The van der Waals surface area contributed by atoms with Crippen LogP contribution in [-0.4, -0.2) is 25.0 Å². The zero-order valence-corrected chi connectivity index (χ0v) is 11.2. The predicted octanol–water partition coefficient (Wildman–Crippen LogP) is 1.97. The highest BCUT2D eigenvalue weighted by Gasteiger charge is 2.09. The number of nitrogens with one attached hydrogen (secondary N) is 1. The van der Waals surface area contributed by atoms with Crippen LogP contribution in [0.15, 0.2) is 18.2 Å². The van der Waals surface area contributed by atoms with E-state index in [-0.39, 0.29) is 30.3 Å². The van der Waals surface area contributed by atoms with Crippen LogP contribution in [0.2, 0.25) is 0 Å². The molecule has 0 radical (unpaired) electrons. The first-order chi connectivity index (χ1) is 9.52. The molecule has 0 atom stereocenters. The van der Waals surface area contributed by atoms with E-state index in [0.29, 0.717) is 19.6 Å². The molecule has 0 spiro atoms. The number of ether oxygens (including phenoxy) is 1. The molecule has 1 rings (SSSR count). The number of esters is 1. The fourth-order valence-electron chi connectivity index (χ4n) is 1.59. The van der Waals surface area contributed by atoms with Crippen LogP contribution >= 0.6 is 0 Å². The lowest BCUT2D eigenvalue weighted by atomic mass is 10.1. The normalized spacial score (nSPS) is 10.2. The van der Waals surface area contributed by atoms with Gasteiger partial charge in [0.25, 0.3) is 0 Å². The molecular weight excluding hydrogens is 268 g/mol. The number of carbonyl (C=O) groups excluding carboxylic acids is 2. The fourth-order valence-corrected chi connectivity index (χ4v) is 1.59. The van der Waals surface area contributed by atoms with Crippen molar-refractivity contribution in [2.24, 2.45) is 0 Å². The van der Waals surface area contributed by atoms with Crippen molar-refractivity contribution in [1.29, 1.82) is 0 Å². The van der Waals surface area contributed by atoms with E-state index in [2.05, 4.69) is 5.32 Å². The molecule has 4 nitrogen and oxygen atoms in total. The maximum absolute atomic E-state index is 13.3. The third-order valence-corrected chi connectivity index (χ3v) is 2.55. The first kappa shape index (κ1) is 16.1. The first-order valence-electron chi connectivity index (χ1n) is 6.39. The van der Waals surface area contributed by atoms with Crippen LogP contribution in [0, 0.1) is 11.6 Å². The highest BCUT2D eigenvalue weighted by Crippen LogP contribution is 2.10. The minimum absolute atomic E-state index is 0.134. The third kappa shape index (κ3) is 5.77. The van der Waals surface area contributed by atoms with Crippen molar-refractivity contribution in [3.05, 3.63) is 35.4 Å². The van der Waals surface area contributed by atoms with Gasteiger partial charge in [-0.25, -0.2) is 8.78 Å². The molecular formula is C14H17F2NO3. The number of amides is 1. The SMILES string of the molecule is CCOC(=O)CCCNC(=O)Cc1ccc(F)cc1F. The topological polar surface area (TPSA) is 55.4 Å². The van der Waals surface area contributed by atoms with Gasteiger partial charge in [0.1, 0.15) is 11.6 Å². The zero-order chi connectivity index (χ0) is 15.0.